The summed E-state index contributed by atoms with van der Waals surface area (Å²) in [5.74, 6) is 0.192. The van der Waals surface area contributed by atoms with Crippen molar-refractivity contribution < 1.29 is 9.13 Å². The molecule has 2 nitrogen and oxygen atoms in total. The van der Waals surface area contributed by atoms with E-state index in [0.717, 1.165) is 12.1 Å². The standard InChI is InChI=1S/C16H16Cl2FNO/c1-2-20-9-12-13(17)6-4-8-15(12)21-10-11-5-3-7-14(18)16(11)19/h3-8,20H,2,9-10H2,1H3. The maximum Gasteiger partial charge on any atom is 0.148 e. The van der Waals surface area contributed by atoms with E-state index in [4.69, 9.17) is 27.9 Å². The van der Waals surface area contributed by atoms with Gasteiger partial charge in [0.2, 0.25) is 0 Å². The van der Waals surface area contributed by atoms with E-state index < -0.39 is 5.82 Å². The van der Waals surface area contributed by atoms with Gasteiger partial charge in [0.25, 0.3) is 0 Å². The van der Waals surface area contributed by atoms with E-state index >= 15 is 0 Å². The molecule has 0 aliphatic heterocycles. The Balaban J connectivity index is 2.16. The molecule has 0 saturated carbocycles. The Morgan fingerprint density at radius 1 is 1.10 bits per heavy atom. The molecule has 21 heavy (non-hydrogen) atoms. The maximum atomic E-state index is 13.8. The fourth-order valence-corrected chi connectivity index (χ4v) is 2.34. The van der Waals surface area contributed by atoms with Gasteiger partial charge in [-0.2, -0.15) is 0 Å². The van der Waals surface area contributed by atoms with Crippen molar-refractivity contribution in [1.29, 1.82) is 0 Å². The molecule has 5 heteroatoms. The van der Waals surface area contributed by atoms with Gasteiger partial charge in [0, 0.05) is 22.7 Å². The van der Waals surface area contributed by atoms with Crippen LogP contribution < -0.4 is 10.1 Å². The lowest BCUT2D eigenvalue weighted by molar-refractivity contribution is 0.296. The number of hydrogen-bond donors (Lipinski definition) is 1. The van der Waals surface area contributed by atoms with Crippen LogP contribution in [0, 0.1) is 5.82 Å². The lowest BCUT2D eigenvalue weighted by Gasteiger charge is -2.14. The molecule has 0 aliphatic rings. The van der Waals surface area contributed by atoms with Crippen molar-refractivity contribution in [2.24, 2.45) is 0 Å². The first-order valence-corrected chi connectivity index (χ1v) is 7.43. The maximum absolute atomic E-state index is 13.8. The van der Waals surface area contributed by atoms with Gasteiger partial charge >= 0.3 is 0 Å². The van der Waals surface area contributed by atoms with Crippen LogP contribution in [-0.2, 0) is 13.2 Å². The Hall–Kier alpha value is -1.29. The van der Waals surface area contributed by atoms with Crippen LogP contribution in [0.4, 0.5) is 4.39 Å². The molecule has 0 heterocycles. The molecule has 0 saturated heterocycles. The fourth-order valence-electron chi connectivity index (χ4n) is 1.91. The average Bonchev–Trinajstić information content (AvgIpc) is 2.48. The van der Waals surface area contributed by atoms with Gasteiger partial charge in [0.05, 0.1) is 5.02 Å². The third-order valence-corrected chi connectivity index (χ3v) is 3.69. The fraction of sp³-hybridized carbons (Fsp3) is 0.250. The topological polar surface area (TPSA) is 21.3 Å². The van der Waals surface area contributed by atoms with E-state index in [9.17, 15) is 4.39 Å². The van der Waals surface area contributed by atoms with Gasteiger partial charge in [-0.3, -0.25) is 0 Å². The first-order chi connectivity index (χ1) is 10.1. The second-order valence-electron chi connectivity index (χ2n) is 4.50. The number of ether oxygens (including phenoxy) is 1. The van der Waals surface area contributed by atoms with Gasteiger partial charge in [-0.15, -0.1) is 0 Å². The van der Waals surface area contributed by atoms with Crippen LogP contribution in [0.2, 0.25) is 10.0 Å². The summed E-state index contributed by atoms with van der Waals surface area (Å²) in [6.45, 7) is 3.54. The van der Waals surface area contributed by atoms with Gasteiger partial charge < -0.3 is 10.1 Å². The Kier molecular flexibility index (Phi) is 5.85. The minimum absolute atomic E-state index is 0.0927. The second kappa shape index (κ2) is 7.64. The summed E-state index contributed by atoms with van der Waals surface area (Å²) in [7, 11) is 0. The Bertz CT molecular complexity index is 619. The molecular weight excluding hydrogens is 312 g/mol. The molecule has 0 radical (unpaired) electrons. The zero-order valence-corrected chi connectivity index (χ0v) is 13.1. The van der Waals surface area contributed by atoms with Crippen molar-refractivity contribution in [3.05, 3.63) is 63.4 Å². The largest absolute Gasteiger partial charge is 0.488 e. The first kappa shape index (κ1) is 16.1. The minimum atomic E-state index is -0.450. The Labute approximate surface area is 133 Å². The zero-order valence-electron chi connectivity index (χ0n) is 11.6. The smallest absolute Gasteiger partial charge is 0.148 e. The highest BCUT2D eigenvalue weighted by atomic mass is 35.5. The van der Waals surface area contributed by atoms with Gasteiger partial charge in [-0.25, -0.2) is 4.39 Å². The summed E-state index contributed by atoms with van der Waals surface area (Å²) in [5.41, 5.74) is 1.28. The lowest BCUT2D eigenvalue weighted by atomic mass is 10.2. The van der Waals surface area contributed by atoms with E-state index in [2.05, 4.69) is 5.32 Å². The Morgan fingerprint density at radius 3 is 2.57 bits per heavy atom. The summed E-state index contributed by atoms with van der Waals surface area (Å²) in [5, 5.41) is 3.92. The molecular formula is C16H16Cl2FNO. The number of benzene rings is 2. The summed E-state index contributed by atoms with van der Waals surface area (Å²) in [6.07, 6.45) is 0. The van der Waals surface area contributed by atoms with Crippen molar-refractivity contribution in [3.63, 3.8) is 0 Å². The predicted octanol–water partition coefficient (Wildman–Crippen LogP) is 4.82. The van der Waals surface area contributed by atoms with Crippen LogP contribution in [0.3, 0.4) is 0 Å². The quantitative estimate of drug-likeness (QED) is 0.821. The van der Waals surface area contributed by atoms with E-state index in [0.29, 0.717) is 22.9 Å². The molecule has 0 aromatic heterocycles. The van der Waals surface area contributed by atoms with Crippen LogP contribution in [0.25, 0.3) is 0 Å². The number of nitrogens with one attached hydrogen (secondary N) is 1. The second-order valence-corrected chi connectivity index (χ2v) is 5.31. The van der Waals surface area contributed by atoms with Gasteiger partial charge in [-0.1, -0.05) is 48.3 Å². The van der Waals surface area contributed by atoms with Crippen molar-refractivity contribution in [2.45, 2.75) is 20.1 Å². The molecule has 2 aromatic rings. The van der Waals surface area contributed by atoms with E-state index in [1.54, 1.807) is 24.3 Å². The van der Waals surface area contributed by atoms with Crippen LogP contribution in [0.1, 0.15) is 18.1 Å². The molecule has 0 atom stereocenters. The molecule has 0 amide bonds. The molecule has 1 N–H and O–H groups in total. The van der Waals surface area contributed by atoms with Crippen LogP contribution >= 0.6 is 23.2 Å². The summed E-state index contributed by atoms with van der Waals surface area (Å²) >= 11 is 11.9. The minimum Gasteiger partial charge on any atom is -0.488 e. The molecule has 112 valence electrons. The monoisotopic (exact) mass is 327 g/mol. The molecule has 0 unspecified atom stereocenters. The molecule has 2 aromatic carbocycles. The molecule has 0 bridgehead atoms. The highest BCUT2D eigenvalue weighted by molar-refractivity contribution is 6.31. The molecule has 0 spiro atoms. The Morgan fingerprint density at radius 2 is 1.81 bits per heavy atom. The zero-order chi connectivity index (χ0) is 15.2. The summed E-state index contributed by atoms with van der Waals surface area (Å²) in [4.78, 5) is 0. The average molecular weight is 328 g/mol. The van der Waals surface area contributed by atoms with Crippen molar-refractivity contribution in [1.82, 2.24) is 5.32 Å². The van der Waals surface area contributed by atoms with E-state index in [-0.39, 0.29) is 11.6 Å². The molecule has 0 aliphatic carbocycles. The highest BCUT2D eigenvalue weighted by Crippen LogP contribution is 2.28. The van der Waals surface area contributed by atoms with E-state index in [1.807, 2.05) is 13.0 Å². The third kappa shape index (κ3) is 4.10. The summed E-state index contributed by atoms with van der Waals surface area (Å²) in [6, 6.07) is 10.3. The third-order valence-electron chi connectivity index (χ3n) is 3.04. The number of rotatable bonds is 6. The van der Waals surface area contributed by atoms with Crippen LogP contribution in [-0.4, -0.2) is 6.54 Å². The number of hydrogen-bond acceptors (Lipinski definition) is 2. The van der Waals surface area contributed by atoms with E-state index in [1.165, 1.54) is 6.07 Å². The molecule has 2 rings (SSSR count). The van der Waals surface area contributed by atoms with Gasteiger partial charge in [0.15, 0.2) is 0 Å². The SMILES string of the molecule is CCNCc1c(Cl)cccc1OCc1cccc(Cl)c1F. The number of halogens is 3. The van der Waals surface area contributed by atoms with Crippen molar-refractivity contribution >= 4 is 23.2 Å². The summed E-state index contributed by atoms with van der Waals surface area (Å²) < 4.78 is 19.6. The van der Waals surface area contributed by atoms with Gasteiger partial charge in [-0.05, 0) is 24.7 Å². The van der Waals surface area contributed by atoms with Crippen LogP contribution in [0.5, 0.6) is 5.75 Å². The lowest BCUT2D eigenvalue weighted by Crippen LogP contribution is -2.13. The first-order valence-electron chi connectivity index (χ1n) is 6.67. The van der Waals surface area contributed by atoms with Crippen LogP contribution in [0.15, 0.2) is 36.4 Å². The molecule has 0 fully saturated rings. The van der Waals surface area contributed by atoms with Crippen molar-refractivity contribution in [2.75, 3.05) is 6.54 Å². The predicted molar refractivity (Wildman–Crippen MR) is 84.6 cm³/mol. The van der Waals surface area contributed by atoms with Crippen molar-refractivity contribution in [3.8, 4) is 5.75 Å². The van der Waals surface area contributed by atoms with Gasteiger partial charge in [0.1, 0.15) is 18.2 Å². The highest BCUT2D eigenvalue weighted by Gasteiger charge is 2.10. The normalized spacial score (nSPS) is 10.7.